The van der Waals surface area contributed by atoms with Crippen LogP contribution in [0.4, 0.5) is 0 Å². The first-order chi connectivity index (χ1) is 6.79. The van der Waals surface area contributed by atoms with Crippen molar-refractivity contribution in [3.05, 3.63) is 12.3 Å². The molecule has 2 N–H and O–H groups in total. The van der Waals surface area contributed by atoms with E-state index in [-0.39, 0.29) is 0 Å². The van der Waals surface area contributed by atoms with Crippen LogP contribution in [0.5, 0.6) is 0 Å². The minimum Gasteiger partial charge on any atom is -0.478 e. The number of nitrogens with one attached hydrogen (secondary N) is 1. The Morgan fingerprint density at radius 1 is 1.36 bits per heavy atom. The van der Waals surface area contributed by atoms with Gasteiger partial charge in [-0.25, -0.2) is 4.79 Å². The summed E-state index contributed by atoms with van der Waals surface area (Å²) in [4.78, 5) is 12.5. The molecule has 0 amide bonds. The molecule has 1 fully saturated rings. The topological polar surface area (TPSA) is 52.6 Å². The van der Waals surface area contributed by atoms with Gasteiger partial charge >= 0.3 is 5.97 Å². The fourth-order valence-electron chi connectivity index (χ4n) is 1.62. The van der Waals surface area contributed by atoms with Crippen molar-refractivity contribution >= 4 is 5.97 Å². The van der Waals surface area contributed by atoms with Crippen molar-refractivity contribution in [2.24, 2.45) is 0 Å². The summed E-state index contributed by atoms with van der Waals surface area (Å²) in [6, 6.07) is 0. The number of likely N-dealkylation sites (tertiary alicyclic amines) is 1. The summed E-state index contributed by atoms with van der Waals surface area (Å²) in [7, 11) is 0. The van der Waals surface area contributed by atoms with Gasteiger partial charge in [0, 0.05) is 25.4 Å². The zero-order valence-electron chi connectivity index (χ0n) is 8.41. The van der Waals surface area contributed by atoms with Crippen molar-refractivity contribution in [1.82, 2.24) is 10.2 Å². The summed E-state index contributed by atoms with van der Waals surface area (Å²) in [5.74, 6) is -0.907. The van der Waals surface area contributed by atoms with Crippen LogP contribution >= 0.6 is 0 Å². The molecular formula is C10H18N2O2. The fourth-order valence-corrected chi connectivity index (χ4v) is 1.62. The molecule has 0 atom stereocenters. The van der Waals surface area contributed by atoms with Crippen molar-refractivity contribution in [2.45, 2.75) is 19.3 Å². The van der Waals surface area contributed by atoms with Gasteiger partial charge in [-0.1, -0.05) is 6.42 Å². The second-order valence-corrected chi connectivity index (χ2v) is 3.53. The minimum absolute atomic E-state index is 0.823. The van der Waals surface area contributed by atoms with Crippen LogP contribution in [0.1, 0.15) is 19.3 Å². The third kappa shape index (κ3) is 4.87. The Morgan fingerprint density at radius 3 is 2.71 bits per heavy atom. The van der Waals surface area contributed by atoms with E-state index in [1.165, 1.54) is 38.6 Å². The summed E-state index contributed by atoms with van der Waals surface area (Å²) in [6.45, 7) is 4.20. The monoisotopic (exact) mass is 198 g/mol. The number of carboxylic acid groups (broad SMARTS) is 1. The van der Waals surface area contributed by atoms with Gasteiger partial charge in [0.15, 0.2) is 0 Å². The lowest BCUT2D eigenvalue weighted by Crippen LogP contribution is -2.34. The number of nitrogens with zero attached hydrogens (tertiary/aromatic N) is 1. The zero-order valence-corrected chi connectivity index (χ0v) is 8.41. The van der Waals surface area contributed by atoms with Gasteiger partial charge in [0.25, 0.3) is 0 Å². The molecule has 1 aliphatic heterocycles. The van der Waals surface area contributed by atoms with E-state index in [2.05, 4.69) is 10.2 Å². The number of carbonyl (C=O) groups is 1. The molecule has 0 spiro atoms. The molecule has 1 aliphatic rings. The van der Waals surface area contributed by atoms with Crippen molar-refractivity contribution in [3.63, 3.8) is 0 Å². The number of aliphatic carboxylic acids is 1. The normalized spacial score (nSPS) is 18.6. The van der Waals surface area contributed by atoms with E-state index in [9.17, 15) is 4.79 Å². The van der Waals surface area contributed by atoms with E-state index in [0.717, 1.165) is 19.2 Å². The Kier molecular flexibility index (Phi) is 5.07. The first-order valence-corrected chi connectivity index (χ1v) is 5.14. The van der Waals surface area contributed by atoms with Crippen LogP contribution in [0.3, 0.4) is 0 Å². The van der Waals surface area contributed by atoms with Crippen molar-refractivity contribution in [2.75, 3.05) is 26.2 Å². The number of hydrogen-bond acceptors (Lipinski definition) is 3. The Labute approximate surface area is 84.6 Å². The molecule has 0 aromatic carbocycles. The molecule has 0 aromatic heterocycles. The van der Waals surface area contributed by atoms with Gasteiger partial charge in [-0.15, -0.1) is 0 Å². The smallest absolute Gasteiger partial charge is 0.329 e. The van der Waals surface area contributed by atoms with E-state index in [4.69, 9.17) is 5.11 Å². The van der Waals surface area contributed by atoms with Crippen molar-refractivity contribution in [1.29, 1.82) is 0 Å². The van der Waals surface area contributed by atoms with Crippen LogP contribution in [0.25, 0.3) is 0 Å². The number of hydrogen-bond donors (Lipinski definition) is 2. The van der Waals surface area contributed by atoms with Crippen molar-refractivity contribution < 1.29 is 9.90 Å². The summed E-state index contributed by atoms with van der Waals surface area (Å²) < 4.78 is 0. The molecule has 4 heteroatoms. The quantitative estimate of drug-likeness (QED) is 0.503. The second kappa shape index (κ2) is 6.43. The minimum atomic E-state index is -0.907. The van der Waals surface area contributed by atoms with Gasteiger partial charge in [0.05, 0.1) is 0 Å². The fraction of sp³-hybridized carbons (Fsp3) is 0.700. The van der Waals surface area contributed by atoms with Gasteiger partial charge < -0.3 is 15.3 Å². The maximum absolute atomic E-state index is 10.1. The first-order valence-electron chi connectivity index (χ1n) is 5.14. The van der Waals surface area contributed by atoms with Crippen LogP contribution < -0.4 is 5.32 Å². The zero-order chi connectivity index (χ0) is 10.2. The Balaban J connectivity index is 2.00. The predicted octanol–water partition coefficient (Wildman–Crippen LogP) is 0.660. The first kappa shape index (κ1) is 11.0. The molecule has 1 heterocycles. The highest BCUT2D eigenvalue weighted by molar-refractivity contribution is 5.79. The predicted molar refractivity (Wildman–Crippen MR) is 55.1 cm³/mol. The van der Waals surface area contributed by atoms with E-state index >= 15 is 0 Å². The largest absolute Gasteiger partial charge is 0.478 e. The third-order valence-corrected chi connectivity index (χ3v) is 2.36. The lowest BCUT2D eigenvalue weighted by molar-refractivity contribution is -0.131. The van der Waals surface area contributed by atoms with E-state index in [1.54, 1.807) is 0 Å². The van der Waals surface area contributed by atoms with Crippen LogP contribution in [-0.4, -0.2) is 42.2 Å². The molecule has 4 nitrogen and oxygen atoms in total. The molecule has 0 aromatic rings. The van der Waals surface area contributed by atoms with Crippen LogP contribution in [0.2, 0.25) is 0 Å². The lowest BCUT2D eigenvalue weighted by Gasteiger charge is -2.26. The molecule has 0 aliphatic carbocycles. The van der Waals surface area contributed by atoms with E-state index < -0.39 is 5.97 Å². The second-order valence-electron chi connectivity index (χ2n) is 3.53. The summed E-state index contributed by atoms with van der Waals surface area (Å²) in [5.41, 5.74) is 0. The summed E-state index contributed by atoms with van der Waals surface area (Å²) in [5, 5.41) is 11.3. The van der Waals surface area contributed by atoms with Crippen LogP contribution in [0, 0.1) is 0 Å². The molecule has 1 rings (SSSR count). The molecule has 1 saturated heterocycles. The Morgan fingerprint density at radius 2 is 2.07 bits per heavy atom. The average molecular weight is 198 g/mol. The van der Waals surface area contributed by atoms with Gasteiger partial charge in [-0.05, 0) is 25.9 Å². The lowest BCUT2D eigenvalue weighted by atomic mass is 10.1. The number of carboxylic acids is 1. The Bertz CT molecular complexity index is 198. The van der Waals surface area contributed by atoms with E-state index in [0.29, 0.717) is 0 Å². The highest BCUT2D eigenvalue weighted by Crippen LogP contribution is 2.06. The maximum atomic E-state index is 10.1. The third-order valence-electron chi connectivity index (χ3n) is 2.36. The summed E-state index contributed by atoms with van der Waals surface area (Å²) in [6.07, 6.45) is 6.56. The Hall–Kier alpha value is -1.03. The molecule has 0 saturated carbocycles. The molecule has 0 radical (unpaired) electrons. The van der Waals surface area contributed by atoms with E-state index in [1.807, 2.05) is 0 Å². The number of rotatable bonds is 5. The van der Waals surface area contributed by atoms with Crippen LogP contribution in [-0.2, 0) is 4.79 Å². The SMILES string of the molecule is O=C(O)/C=C/NCCN1CCCCC1. The molecule has 0 unspecified atom stereocenters. The average Bonchev–Trinajstić information content (AvgIpc) is 2.18. The standard InChI is InChI=1S/C10H18N2O2/c13-10(14)4-5-11-6-9-12-7-2-1-3-8-12/h4-5,11H,1-3,6-9H2,(H,13,14)/b5-4+. The number of piperidine rings is 1. The van der Waals surface area contributed by atoms with Gasteiger partial charge in [0.1, 0.15) is 0 Å². The van der Waals surface area contributed by atoms with Crippen molar-refractivity contribution in [3.8, 4) is 0 Å². The molecule has 80 valence electrons. The molecule has 0 bridgehead atoms. The summed E-state index contributed by atoms with van der Waals surface area (Å²) >= 11 is 0. The van der Waals surface area contributed by atoms with Gasteiger partial charge in [-0.3, -0.25) is 0 Å². The molecule has 14 heavy (non-hydrogen) atoms. The molecular weight excluding hydrogens is 180 g/mol. The highest BCUT2D eigenvalue weighted by atomic mass is 16.4. The van der Waals surface area contributed by atoms with Gasteiger partial charge in [-0.2, -0.15) is 0 Å². The van der Waals surface area contributed by atoms with Gasteiger partial charge in [0.2, 0.25) is 0 Å². The maximum Gasteiger partial charge on any atom is 0.329 e. The van der Waals surface area contributed by atoms with Crippen LogP contribution in [0.15, 0.2) is 12.3 Å². The highest BCUT2D eigenvalue weighted by Gasteiger charge is 2.08.